The number of aromatic nitrogens is 2. The molecular weight excluding hydrogens is 437 g/mol. The van der Waals surface area contributed by atoms with E-state index in [2.05, 4.69) is 33.8 Å². The van der Waals surface area contributed by atoms with Gasteiger partial charge in [-0.1, -0.05) is 25.1 Å². The molecule has 1 aromatic carbocycles. The first-order valence-corrected chi connectivity index (χ1v) is 11.8. The highest BCUT2D eigenvalue weighted by Crippen LogP contribution is 2.33. The average molecular weight is 468 g/mol. The van der Waals surface area contributed by atoms with Crippen LogP contribution in [-0.2, 0) is 18.7 Å². The predicted molar refractivity (Wildman–Crippen MR) is 116 cm³/mol. The largest absolute Gasteiger partial charge is 0.348 e. The topological polar surface area (TPSA) is 79.1 Å². The number of piperidine rings is 1. The van der Waals surface area contributed by atoms with E-state index in [1.165, 1.54) is 13.2 Å². The molecule has 176 valence electrons. The first-order valence-electron chi connectivity index (χ1n) is 11.0. The quantitative estimate of drug-likeness (QED) is 0.306. The second-order valence-corrected chi connectivity index (χ2v) is 9.37. The maximum Gasteiger partial charge on any atom is 0.324 e. The molecule has 0 spiro atoms. The van der Waals surface area contributed by atoms with Gasteiger partial charge in [0.15, 0.2) is 12.1 Å². The second kappa shape index (κ2) is 10.9. The first-order chi connectivity index (χ1) is 15.5. The summed E-state index contributed by atoms with van der Waals surface area (Å²) in [6.45, 7) is 7.16. The fraction of sp³-hybridized carbons (Fsp3) is 0.636. The monoisotopic (exact) mass is 467 g/mol. The summed E-state index contributed by atoms with van der Waals surface area (Å²) in [5, 5.41) is 4.06. The van der Waals surface area contributed by atoms with E-state index in [1.807, 2.05) is 0 Å². The zero-order valence-electron chi connectivity index (χ0n) is 18.7. The van der Waals surface area contributed by atoms with Gasteiger partial charge >= 0.3 is 6.01 Å². The minimum atomic E-state index is -0.544. The fourth-order valence-corrected chi connectivity index (χ4v) is 4.50. The van der Waals surface area contributed by atoms with Crippen LogP contribution < -0.4 is 4.90 Å². The molecule has 0 radical (unpaired) electrons. The number of ether oxygens (including phenoxy) is 2. The van der Waals surface area contributed by atoms with E-state index >= 15 is 0 Å². The van der Waals surface area contributed by atoms with E-state index in [0.29, 0.717) is 41.5 Å². The summed E-state index contributed by atoms with van der Waals surface area (Å²) < 4.78 is 36.2. The van der Waals surface area contributed by atoms with Gasteiger partial charge in [-0.25, -0.2) is 9.28 Å². The van der Waals surface area contributed by atoms with Crippen LogP contribution in [0.3, 0.4) is 0 Å². The molecule has 3 heterocycles. The van der Waals surface area contributed by atoms with Crippen molar-refractivity contribution in [2.45, 2.75) is 50.2 Å². The van der Waals surface area contributed by atoms with Gasteiger partial charge in [-0.3, -0.25) is 0 Å². The Hall–Kier alpha value is -1.72. The highest BCUT2D eigenvalue weighted by atomic mass is 32.2. The van der Waals surface area contributed by atoms with E-state index in [4.69, 9.17) is 18.3 Å². The molecule has 0 amide bonds. The molecule has 0 aliphatic carbocycles. The van der Waals surface area contributed by atoms with E-state index < -0.39 is 12.1 Å². The minimum Gasteiger partial charge on any atom is -0.348 e. The van der Waals surface area contributed by atoms with Gasteiger partial charge in [-0.05, 0) is 37.3 Å². The summed E-state index contributed by atoms with van der Waals surface area (Å²) in [6, 6.07) is 5.47. The van der Waals surface area contributed by atoms with Gasteiger partial charge in [0.1, 0.15) is 5.82 Å². The zero-order chi connectivity index (χ0) is 22.5. The molecule has 8 nitrogen and oxygen atoms in total. The van der Waals surface area contributed by atoms with Crippen LogP contribution >= 0.6 is 12.0 Å². The number of nitrogens with zero attached hydrogens (tertiary/aromatic N) is 3. The Bertz CT molecular complexity index is 867. The Morgan fingerprint density at radius 3 is 2.56 bits per heavy atom. The molecule has 4 rings (SSSR count). The van der Waals surface area contributed by atoms with Gasteiger partial charge in [-0.2, -0.15) is 9.32 Å². The number of hydrogen-bond donors (Lipinski definition) is 0. The molecule has 0 N–H and O–H groups in total. The van der Waals surface area contributed by atoms with Crippen molar-refractivity contribution in [2.75, 3.05) is 38.3 Å². The molecule has 0 unspecified atom stereocenters. The molecule has 32 heavy (non-hydrogen) atoms. The minimum absolute atomic E-state index is 0.262. The van der Waals surface area contributed by atoms with Crippen LogP contribution in [0.4, 0.5) is 10.4 Å². The normalized spacial score (nSPS) is 22.6. The van der Waals surface area contributed by atoms with Crippen LogP contribution in [0, 0.1) is 17.7 Å². The zero-order valence-corrected chi connectivity index (χ0v) is 19.5. The van der Waals surface area contributed by atoms with Gasteiger partial charge in [-0.15, -0.1) is 0 Å². The van der Waals surface area contributed by atoms with Crippen LogP contribution in [0.1, 0.15) is 56.7 Å². The van der Waals surface area contributed by atoms with Crippen LogP contribution in [0.2, 0.25) is 0 Å². The first kappa shape index (κ1) is 23.4. The van der Waals surface area contributed by atoms with E-state index in [0.717, 1.165) is 50.2 Å². The lowest BCUT2D eigenvalue weighted by Crippen LogP contribution is -2.36. The molecule has 2 aliphatic rings. The second-order valence-electron chi connectivity index (χ2n) is 8.63. The molecule has 2 fully saturated rings. The summed E-state index contributed by atoms with van der Waals surface area (Å²) in [6.07, 6.45) is 2.66. The van der Waals surface area contributed by atoms with E-state index in [9.17, 15) is 4.39 Å². The lowest BCUT2D eigenvalue weighted by molar-refractivity contribution is -0.207. The number of halogens is 1. The lowest BCUT2D eigenvalue weighted by Gasteiger charge is -2.35. The molecule has 2 aliphatic heterocycles. The van der Waals surface area contributed by atoms with Crippen molar-refractivity contribution in [1.29, 1.82) is 0 Å². The van der Waals surface area contributed by atoms with Gasteiger partial charge in [0.05, 0.1) is 37.3 Å². The molecule has 2 saturated heterocycles. The number of benzene rings is 1. The molecule has 0 bridgehead atoms. The number of hydrogen-bond acceptors (Lipinski definition) is 9. The Kier molecular flexibility index (Phi) is 8.01. The van der Waals surface area contributed by atoms with Crippen molar-refractivity contribution in [2.24, 2.45) is 11.8 Å². The Morgan fingerprint density at radius 1 is 1.19 bits per heavy atom. The van der Waals surface area contributed by atoms with Gasteiger partial charge < -0.3 is 18.9 Å². The summed E-state index contributed by atoms with van der Waals surface area (Å²) in [4.78, 5) is 11.5. The lowest BCUT2D eigenvalue weighted by atomic mass is 9.87. The van der Waals surface area contributed by atoms with Crippen molar-refractivity contribution in [1.82, 2.24) is 10.1 Å². The fourth-order valence-electron chi connectivity index (χ4n) is 4.09. The Balaban J connectivity index is 1.21. The van der Waals surface area contributed by atoms with Gasteiger partial charge in [0.25, 0.3) is 0 Å². The summed E-state index contributed by atoms with van der Waals surface area (Å²) in [5.74, 6) is 1.57. The third-order valence-electron chi connectivity index (χ3n) is 5.89. The van der Waals surface area contributed by atoms with Crippen molar-refractivity contribution in [3.63, 3.8) is 0 Å². The highest BCUT2D eigenvalue weighted by Gasteiger charge is 2.29. The standard InChI is InChI=1S/C22H30FN3O5S/c1-14(2)20-24-22(30-25-20)26-8-6-15(7-9-26)10-16-12-28-21(29-13-16)17-4-5-19(18(23)11-17)32-31-27-3/h4-5,11,14-16,21H,6-10,12-13H2,1-3H3. The molecule has 10 heteroatoms. The van der Waals surface area contributed by atoms with E-state index in [-0.39, 0.29) is 5.92 Å². The molecule has 1 aromatic heterocycles. The predicted octanol–water partition coefficient (Wildman–Crippen LogP) is 4.89. The molecule has 0 atom stereocenters. The smallest absolute Gasteiger partial charge is 0.324 e. The summed E-state index contributed by atoms with van der Waals surface area (Å²) >= 11 is 0.828. The van der Waals surface area contributed by atoms with Crippen molar-refractivity contribution in [3.8, 4) is 0 Å². The van der Waals surface area contributed by atoms with Crippen LogP contribution in [-0.4, -0.2) is 43.6 Å². The Labute approximate surface area is 191 Å². The average Bonchev–Trinajstić information content (AvgIpc) is 3.30. The maximum absolute atomic E-state index is 14.2. The van der Waals surface area contributed by atoms with Crippen LogP contribution in [0.15, 0.2) is 27.6 Å². The van der Waals surface area contributed by atoms with Crippen LogP contribution in [0.5, 0.6) is 0 Å². The van der Waals surface area contributed by atoms with E-state index in [1.54, 1.807) is 12.1 Å². The third-order valence-corrected chi connectivity index (χ3v) is 6.60. The number of rotatable bonds is 8. The van der Waals surface area contributed by atoms with Gasteiger partial charge in [0, 0.05) is 30.5 Å². The highest BCUT2D eigenvalue weighted by molar-refractivity contribution is 7.94. The van der Waals surface area contributed by atoms with Crippen LogP contribution in [0.25, 0.3) is 0 Å². The molecular formula is C22H30FN3O5S. The molecule has 2 aromatic rings. The van der Waals surface area contributed by atoms with Gasteiger partial charge in [0.2, 0.25) is 0 Å². The SMILES string of the molecule is COOSc1ccc(C2OCC(CC3CCN(c4nc(C(C)C)no4)CC3)CO2)cc1F. The summed E-state index contributed by atoms with van der Waals surface area (Å²) in [7, 11) is 1.37. The van der Waals surface area contributed by atoms with Crippen molar-refractivity contribution < 1.29 is 27.6 Å². The Morgan fingerprint density at radius 2 is 1.94 bits per heavy atom. The summed E-state index contributed by atoms with van der Waals surface area (Å²) in [5.41, 5.74) is 0.663. The number of anilines is 1. The van der Waals surface area contributed by atoms with Crippen molar-refractivity contribution >= 4 is 18.1 Å². The van der Waals surface area contributed by atoms with Crippen molar-refractivity contribution in [3.05, 3.63) is 35.4 Å². The third kappa shape index (κ3) is 5.79. The maximum atomic E-state index is 14.2. The molecule has 0 saturated carbocycles.